The summed E-state index contributed by atoms with van der Waals surface area (Å²) in [5.74, 6) is 0.933. The highest BCUT2D eigenvalue weighted by Gasteiger charge is 2.05. The highest BCUT2D eigenvalue weighted by molar-refractivity contribution is 5.30. The second-order valence-electron chi connectivity index (χ2n) is 4.80. The Bertz CT molecular complexity index is 508. The smallest absolute Gasteiger partial charge is 0.203 e. The molecular weight excluding hydrogens is 250 g/mol. The van der Waals surface area contributed by atoms with Gasteiger partial charge in [-0.1, -0.05) is 30.3 Å². The largest absolute Gasteiger partial charge is 0.382 e. The zero-order valence-electron chi connectivity index (χ0n) is 12.3. The van der Waals surface area contributed by atoms with Crippen molar-refractivity contribution in [2.75, 3.05) is 25.1 Å². The molecule has 4 heteroatoms. The number of nitrogens with zero attached hydrogens (tertiary/aromatic N) is 2. The van der Waals surface area contributed by atoms with Crippen LogP contribution >= 0.6 is 0 Å². The van der Waals surface area contributed by atoms with E-state index in [1.807, 2.05) is 19.9 Å². The topological polar surface area (TPSA) is 39.1 Å². The van der Waals surface area contributed by atoms with Gasteiger partial charge in [-0.05, 0) is 25.8 Å². The van der Waals surface area contributed by atoms with Crippen molar-refractivity contribution in [3.05, 3.63) is 47.8 Å². The fourth-order valence-corrected chi connectivity index (χ4v) is 2.11. The molecule has 0 aliphatic carbocycles. The average Bonchev–Trinajstić information content (AvgIpc) is 2.80. The van der Waals surface area contributed by atoms with Crippen molar-refractivity contribution >= 4 is 5.95 Å². The maximum atomic E-state index is 5.34. The Labute approximate surface area is 120 Å². The predicted octanol–water partition coefficient (Wildman–Crippen LogP) is 3.08. The molecule has 0 unspecified atom stereocenters. The normalized spacial score (nSPS) is 10.7. The van der Waals surface area contributed by atoms with Gasteiger partial charge in [0, 0.05) is 26.0 Å². The first-order chi connectivity index (χ1) is 9.79. The van der Waals surface area contributed by atoms with E-state index in [-0.39, 0.29) is 0 Å². The first kappa shape index (κ1) is 14.6. The Hall–Kier alpha value is -1.81. The summed E-state index contributed by atoms with van der Waals surface area (Å²) >= 11 is 0. The Morgan fingerprint density at radius 1 is 1.25 bits per heavy atom. The third-order valence-electron chi connectivity index (χ3n) is 3.05. The number of aryl methyl sites for hydroxylation is 1. The van der Waals surface area contributed by atoms with E-state index in [0.717, 1.165) is 44.4 Å². The number of anilines is 1. The average molecular weight is 273 g/mol. The van der Waals surface area contributed by atoms with Gasteiger partial charge in [-0.3, -0.25) is 0 Å². The van der Waals surface area contributed by atoms with Crippen LogP contribution in [0.4, 0.5) is 5.95 Å². The number of benzene rings is 1. The number of aromatic nitrogens is 2. The van der Waals surface area contributed by atoms with E-state index in [2.05, 4.69) is 45.3 Å². The van der Waals surface area contributed by atoms with Gasteiger partial charge in [0.2, 0.25) is 5.95 Å². The molecule has 0 saturated heterocycles. The van der Waals surface area contributed by atoms with Crippen molar-refractivity contribution in [3.8, 4) is 0 Å². The molecule has 1 aromatic carbocycles. The molecule has 0 amide bonds. The number of imidazole rings is 1. The zero-order chi connectivity index (χ0) is 14.2. The van der Waals surface area contributed by atoms with Gasteiger partial charge in [0.15, 0.2) is 0 Å². The Morgan fingerprint density at radius 3 is 2.80 bits per heavy atom. The molecule has 0 fully saturated rings. The fraction of sp³-hybridized carbons (Fsp3) is 0.438. The van der Waals surface area contributed by atoms with Gasteiger partial charge < -0.3 is 14.6 Å². The van der Waals surface area contributed by atoms with Crippen LogP contribution in [-0.4, -0.2) is 29.3 Å². The highest BCUT2D eigenvalue weighted by atomic mass is 16.5. The number of hydrogen-bond acceptors (Lipinski definition) is 3. The second kappa shape index (κ2) is 7.70. The van der Waals surface area contributed by atoms with Gasteiger partial charge in [0.05, 0.1) is 12.2 Å². The van der Waals surface area contributed by atoms with Crippen LogP contribution < -0.4 is 5.32 Å². The number of hydrogen-bond donors (Lipinski definition) is 1. The maximum Gasteiger partial charge on any atom is 0.203 e. The predicted molar refractivity (Wildman–Crippen MR) is 82.1 cm³/mol. The molecule has 0 saturated carbocycles. The van der Waals surface area contributed by atoms with Gasteiger partial charge in [0.1, 0.15) is 0 Å². The van der Waals surface area contributed by atoms with Crippen molar-refractivity contribution < 1.29 is 4.74 Å². The SMILES string of the molecule is CCOCCCNc1nc(C)cn1Cc1ccccc1. The zero-order valence-corrected chi connectivity index (χ0v) is 12.3. The van der Waals surface area contributed by atoms with Gasteiger partial charge in [0.25, 0.3) is 0 Å². The van der Waals surface area contributed by atoms with Crippen LogP contribution in [-0.2, 0) is 11.3 Å². The molecule has 1 N–H and O–H groups in total. The van der Waals surface area contributed by atoms with E-state index in [1.165, 1.54) is 5.56 Å². The minimum Gasteiger partial charge on any atom is -0.382 e. The number of rotatable bonds is 8. The lowest BCUT2D eigenvalue weighted by molar-refractivity contribution is 0.147. The summed E-state index contributed by atoms with van der Waals surface area (Å²) in [5, 5.41) is 3.39. The van der Waals surface area contributed by atoms with Gasteiger partial charge in [-0.25, -0.2) is 4.98 Å². The van der Waals surface area contributed by atoms with Crippen LogP contribution in [0.5, 0.6) is 0 Å². The van der Waals surface area contributed by atoms with Crippen molar-refractivity contribution in [3.63, 3.8) is 0 Å². The van der Waals surface area contributed by atoms with Crippen LogP contribution in [0.3, 0.4) is 0 Å². The molecule has 0 aliphatic rings. The van der Waals surface area contributed by atoms with E-state index < -0.39 is 0 Å². The summed E-state index contributed by atoms with van der Waals surface area (Å²) in [6.45, 7) is 7.33. The van der Waals surface area contributed by atoms with Crippen molar-refractivity contribution in [2.24, 2.45) is 0 Å². The third kappa shape index (κ3) is 4.38. The summed E-state index contributed by atoms with van der Waals surface area (Å²) in [7, 11) is 0. The second-order valence-corrected chi connectivity index (χ2v) is 4.80. The van der Waals surface area contributed by atoms with E-state index in [9.17, 15) is 0 Å². The molecule has 0 bridgehead atoms. The highest BCUT2D eigenvalue weighted by Crippen LogP contribution is 2.12. The standard InChI is InChI=1S/C16H23N3O/c1-3-20-11-7-10-17-16-18-14(2)12-19(16)13-15-8-5-4-6-9-15/h4-6,8-9,12H,3,7,10-11,13H2,1-2H3,(H,17,18). The minimum absolute atomic E-state index is 0.780. The van der Waals surface area contributed by atoms with Crippen LogP contribution in [0.1, 0.15) is 24.6 Å². The molecule has 0 radical (unpaired) electrons. The molecule has 4 nitrogen and oxygen atoms in total. The molecule has 0 aliphatic heterocycles. The van der Waals surface area contributed by atoms with E-state index in [0.29, 0.717) is 0 Å². The molecule has 20 heavy (non-hydrogen) atoms. The van der Waals surface area contributed by atoms with Gasteiger partial charge >= 0.3 is 0 Å². The van der Waals surface area contributed by atoms with Crippen molar-refractivity contribution in [1.29, 1.82) is 0 Å². The number of ether oxygens (including phenoxy) is 1. The Balaban J connectivity index is 1.92. The summed E-state index contributed by atoms with van der Waals surface area (Å²) in [6, 6.07) is 10.4. The van der Waals surface area contributed by atoms with E-state index in [4.69, 9.17) is 4.74 Å². The third-order valence-corrected chi connectivity index (χ3v) is 3.05. The molecule has 108 valence electrons. The fourth-order valence-electron chi connectivity index (χ4n) is 2.11. The van der Waals surface area contributed by atoms with Crippen LogP contribution in [0, 0.1) is 6.92 Å². The summed E-state index contributed by atoms with van der Waals surface area (Å²) in [5.41, 5.74) is 2.32. The minimum atomic E-state index is 0.780. The number of nitrogens with one attached hydrogen (secondary N) is 1. The maximum absolute atomic E-state index is 5.34. The van der Waals surface area contributed by atoms with Crippen LogP contribution in [0.15, 0.2) is 36.5 Å². The Kier molecular flexibility index (Phi) is 5.62. The molecule has 2 rings (SSSR count). The monoisotopic (exact) mass is 273 g/mol. The van der Waals surface area contributed by atoms with Gasteiger partial charge in [-0.2, -0.15) is 0 Å². The molecule has 0 atom stereocenters. The molecule has 0 spiro atoms. The summed E-state index contributed by atoms with van der Waals surface area (Å²) < 4.78 is 7.49. The molecule has 1 heterocycles. The quantitative estimate of drug-likeness (QED) is 0.751. The first-order valence-corrected chi connectivity index (χ1v) is 7.19. The van der Waals surface area contributed by atoms with Gasteiger partial charge in [-0.15, -0.1) is 0 Å². The van der Waals surface area contributed by atoms with Crippen LogP contribution in [0.2, 0.25) is 0 Å². The van der Waals surface area contributed by atoms with E-state index >= 15 is 0 Å². The first-order valence-electron chi connectivity index (χ1n) is 7.19. The molecule has 1 aromatic heterocycles. The van der Waals surface area contributed by atoms with Crippen molar-refractivity contribution in [2.45, 2.75) is 26.8 Å². The van der Waals surface area contributed by atoms with Crippen LogP contribution in [0.25, 0.3) is 0 Å². The lowest BCUT2D eigenvalue weighted by Crippen LogP contribution is -2.11. The summed E-state index contributed by atoms with van der Waals surface area (Å²) in [4.78, 5) is 4.54. The summed E-state index contributed by atoms with van der Waals surface area (Å²) in [6.07, 6.45) is 3.07. The lowest BCUT2D eigenvalue weighted by Gasteiger charge is -2.10. The molecular formula is C16H23N3O. The molecule has 2 aromatic rings. The lowest BCUT2D eigenvalue weighted by atomic mass is 10.2. The Morgan fingerprint density at radius 2 is 2.05 bits per heavy atom. The van der Waals surface area contributed by atoms with E-state index in [1.54, 1.807) is 0 Å². The van der Waals surface area contributed by atoms with Crippen molar-refractivity contribution in [1.82, 2.24) is 9.55 Å².